The molecule has 98 valence electrons. The van der Waals surface area contributed by atoms with E-state index in [2.05, 4.69) is 0 Å². The summed E-state index contributed by atoms with van der Waals surface area (Å²) < 4.78 is 0. The van der Waals surface area contributed by atoms with Crippen LogP contribution in [-0.4, -0.2) is 45.8 Å². The fraction of sp³-hybridized carbons (Fsp3) is 1.00. The normalized spacial score (nSPS) is 12.0. The average molecular weight is 234 g/mol. The molecule has 4 heteroatoms. The molecule has 0 saturated heterocycles. The Morgan fingerprint density at radius 2 is 0.938 bits per heavy atom. The molecule has 0 aliphatic heterocycles. The fourth-order valence-corrected chi connectivity index (χ4v) is 1.91. The van der Waals surface area contributed by atoms with E-state index < -0.39 is 5.60 Å². The molecule has 0 radical (unpaired) electrons. The fourth-order valence-electron chi connectivity index (χ4n) is 1.91. The summed E-state index contributed by atoms with van der Waals surface area (Å²) in [5.74, 6) is 0. The summed E-state index contributed by atoms with van der Waals surface area (Å²) >= 11 is 0. The first-order valence-corrected chi connectivity index (χ1v) is 6.23. The maximum atomic E-state index is 10.3. The van der Waals surface area contributed by atoms with E-state index in [9.17, 15) is 5.11 Å². The van der Waals surface area contributed by atoms with Gasteiger partial charge in [0.15, 0.2) is 0 Å². The van der Waals surface area contributed by atoms with Crippen LogP contribution < -0.4 is 0 Å². The zero-order valence-corrected chi connectivity index (χ0v) is 10.1. The third-order valence-corrected chi connectivity index (χ3v) is 2.90. The summed E-state index contributed by atoms with van der Waals surface area (Å²) in [4.78, 5) is 0. The van der Waals surface area contributed by atoms with Crippen molar-refractivity contribution in [2.75, 3.05) is 19.8 Å². The standard InChI is InChI=1S/C12H26O4/c13-9-3-1-6-12(16,8-5-11-15)7-2-4-10-14/h13-16H,1-11H2. The molecule has 0 bridgehead atoms. The topological polar surface area (TPSA) is 80.9 Å². The van der Waals surface area contributed by atoms with Gasteiger partial charge < -0.3 is 20.4 Å². The van der Waals surface area contributed by atoms with Gasteiger partial charge in [-0.25, -0.2) is 0 Å². The monoisotopic (exact) mass is 234 g/mol. The highest BCUT2D eigenvalue weighted by Gasteiger charge is 2.24. The summed E-state index contributed by atoms with van der Waals surface area (Å²) in [6, 6.07) is 0. The second kappa shape index (κ2) is 10.0. The quantitative estimate of drug-likeness (QED) is 0.399. The smallest absolute Gasteiger partial charge is 0.0648 e. The zero-order valence-electron chi connectivity index (χ0n) is 10.1. The second-order valence-electron chi connectivity index (χ2n) is 4.41. The molecule has 16 heavy (non-hydrogen) atoms. The van der Waals surface area contributed by atoms with Crippen molar-refractivity contribution in [3.63, 3.8) is 0 Å². The number of aliphatic hydroxyl groups is 4. The van der Waals surface area contributed by atoms with E-state index in [1.807, 2.05) is 0 Å². The van der Waals surface area contributed by atoms with E-state index in [1.54, 1.807) is 0 Å². The Hall–Kier alpha value is -0.160. The lowest BCUT2D eigenvalue weighted by Gasteiger charge is -2.28. The van der Waals surface area contributed by atoms with Crippen molar-refractivity contribution in [2.45, 2.75) is 57.0 Å². The lowest BCUT2D eigenvalue weighted by molar-refractivity contribution is 0.00254. The molecular weight excluding hydrogens is 208 g/mol. The molecule has 0 atom stereocenters. The first-order chi connectivity index (χ1) is 7.68. The Morgan fingerprint density at radius 1 is 0.562 bits per heavy atom. The van der Waals surface area contributed by atoms with Crippen LogP contribution in [0.25, 0.3) is 0 Å². The number of hydrogen-bond acceptors (Lipinski definition) is 4. The van der Waals surface area contributed by atoms with Gasteiger partial charge in [0, 0.05) is 19.8 Å². The molecule has 0 rings (SSSR count). The van der Waals surface area contributed by atoms with Gasteiger partial charge in [0.2, 0.25) is 0 Å². The molecule has 0 aliphatic carbocycles. The van der Waals surface area contributed by atoms with Crippen LogP contribution in [0.3, 0.4) is 0 Å². The van der Waals surface area contributed by atoms with Crippen molar-refractivity contribution in [1.29, 1.82) is 0 Å². The SMILES string of the molecule is OCCCCC(O)(CCCO)CCCCO. The molecule has 0 heterocycles. The number of unbranched alkanes of at least 4 members (excludes halogenated alkanes) is 2. The zero-order chi connectivity index (χ0) is 12.3. The van der Waals surface area contributed by atoms with Crippen molar-refractivity contribution in [3.8, 4) is 0 Å². The van der Waals surface area contributed by atoms with E-state index >= 15 is 0 Å². The molecule has 0 fully saturated rings. The van der Waals surface area contributed by atoms with Crippen molar-refractivity contribution in [3.05, 3.63) is 0 Å². The average Bonchev–Trinajstić information content (AvgIpc) is 2.27. The Kier molecular flexibility index (Phi) is 9.92. The number of aliphatic hydroxyl groups excluding tert-OH is 3. The van der Waals surface area contributed by atoms with Crippen molar-refractivity contribution < 1.29 is 20.4 Å². The van der Waals surface area contributed by atoms with E-state index in [0.717, 1.165) is 12.8 Å². The maximum Gasteiger partial charge on any atom is 0.0648 e. The molecule has 4 nitrogen and oxygen atoms in total. The highest BCUT2D eigenvalue weighted by atomic mass is 16.3. The van der Waals surface area contributed by atoms with Crippen molar-refractivity contribution >= 4 is 0 Å². The summed E-state index contributed by atoms with van der Waals surface area (Å²) in [6.07, 6.45) is 5.56. The Bertz CT molecular complexity index is 140. The minimum absolute atomic E-state index is 0.0995. The molecule has 0 spiro atoms. The van der Waals surface area contributed by atoms with Crippen molar-refractivity contribution in [2.24, 2.45) is 0 Å². The molecule has 0 amide bonds. The van der Waals surface area contributed by atoms with E-state index in [0.29, 0.717) is 38.5 Å². The van der Waals surface area contributed by atoms with Gasteiger partial charge in [-0.1, -0.05) is 0 Å². The second-order valence-corrected chi connectivity index (χ2v) is 4.41. The van der Waals surface area contributed by atoms with E-state index in [1.165, 1.54) is 0 Å². The molecule has 0 aromatic carbocycles. The van der Waals surface area contributed by atoms with Crippen LogP contribution >= 0.6 is 0 Å². The van der Waals surface area contributed by atoms with Crippen LogP contribution in [0, 0.1) is 0 Å². The highest BCUT2D eigenvalue weighted by Crippen LogP contribution is 2.26. The molecule has 0 saturated carbocycles. The van der Waals surface area contributed by atoms with Crippen LogP contribution in [0.15, 0.2) is 0 Å². The number of hydrogen-bond donors (Lipinski definition) is 4. The third kappa shape index (κ3) is 8.05. The predicted octanol–water partition coefficient (Wildman–Crippen LogP) is 0.815. The largest absolute Gasteiger partial charge is 0.396 e. The molecular formula is C12H26O4. The number of rotatable bonds is 11. The molecule has 0 unspecified atom stereocenters. The van der Waals surface area contributed by atoms with Gasteiger partial charge in [0.05, 0.1) is 5.60 Å². The van der Waals surface area contributed by atoms with Crippen LogP contribution in [0.2, 0.25) is 0 Å². The van der Waals surface area contributed by atoms with Gasteiger partial charge in [0.1, 0.15) is 0 Å². The van der Waals surface area contributed by atoms with Gasteiger partial charge in [-0.3, -0.25) is 0 Å². The van der Waals surface area contributed by atoms with Gasteiger partial charge in [-0.2, -0.15) is 0 Å². The first kappa shape index (κ1) is 15.8. The minimum Gasteiger partial charge on any atom is -0.396 e. The summed E-state index contributed by atoms with van der Waals surface area (Å²) in [7, 11) is 0. The molecule has 0 aliphatic rings. The summed E-state index contributed by atoms with van der Waals surface area (Å²) in [5, 5.41) is 36.5. The van der Waals surface area contributed by atoms with Gasteiger partial charge in [-0.05, 0) is 51.4 Å². The Morgan fingerprint density at radius 3 is 1.31 bits per heavy atom. The Balaban J connectivity index is 3.91. The van der Waals surface area contributed by atoms with Crippen LogP contribution in [0.1, 0.15) is 51.4 Å². The first-order valence-electron chi connectivity index (χ1n) is 6.23. The lowest BCUT2D eigenvalue weighted by Crippen LogP contribution is -2.29. The molecule has 0 aromatic heterocycles. The summed E-state index contributed by atoms with van der Waals surface area (Å²) in [6.45, 7) is 0.418. The van der Waals surface area contributed by atoms with Crippen LogP contribution in [-0.2, 0) is 0 Å². The van der Waals surface area contributed by atoms with Gasteiger partial charge >= 0.3 is 0 Å². The van der Waals surface area contributed by atoms with Crippen molar-refractivity contribution in [1.82, 2.24) is 0 Å². The summed E-state index contributed by atoms with van der Waals surface area (Å²) in [5.41, 5.74) is -0.729. The Labute approximate surface area is 97.9 Å². The lowest BCUT2D eigenvalue weighted by atomic mass is 9.86. The predicted molar refractivity (Wildman–Crippen MR) is 63.1 cm³/mol. The van der Waals surface area contributed by atoms with Crippen LogP contribution in [0.5, 0.6) is 0 Å². The highest BCUT2D eigenvalue weighted by molar-refractivity contribution is 4.78. The van der Waals surface area contributed by atoms with E-state index in [-0.39, 0.29) is 19.8 Å². The maximum absolute atomic E-state index is 10.3. The van der Waals surface area contributed by atoms with Gasteiger partial charge in [0.25, 0.3) is 0 Å². The van der Waals surface area contributed by atoms with Crippen LogP contribution in [0.4, 0.5) is 0 Å². The molecule has 4 N–H and O–H groups in total. The molecule has 0 aromatic rings. The third-order valence-electron chi connectivity index (χ3n) is 2.90. The van der Waals surface area contributed by atoms with E-state index in [4.69, 9.17) is 15.3 Å². The minimum atomic E-state index is -0.729. The van der Waals surface area contributed by atoms with Gasteiger partial charge in [-0.15, -0.1) is 0 Å².